The normalized spacial score (nSPS) is 13.9. The average molecular weight is 248 g/mol. The van der Waals surface area contributed by atoms with E-state index in [1.54, 1.807) is 0 Å². The van der Waals surface area contributed by atoms with E-state index in [1.165, 1.54) is 12.0 Å². The molecule has 2 N–H and O–H groups in total. The van der Waals surface area contributed by atoms with Crippen molar-refractivity contribution in [3.05, 3.63) is 35.9 Å². The topological polar surface area (TPSA) is 29.3 Å². The highest BCUT2D eigenvalue weighted by Crippen LogP contribution is 2.20. The number of nitrogens with zero attached hydrogens (tertiary/aromatic N) is 1. The minimum absolute atomic E-state index is 0.213. The summed E-state index contributed by atoms with van der Waals surface area (Å²) in [6.07, 6.45) is 1.20. The van der Waals surface area contributed by atoms with E-state index in [2.05, 4.69) is 63.1 Å². The third kappa shape index (κ3) is 5.19. The summed E-state index contributed by atoms with van der Waals surface area (Å²) in [4.78, 5) is 2.40. The Kier molecular flexibility index (Phi) is 5.83. The van der Waals surface area contributed by atoms with Crippen LogP contribution in [0.25, 0.3) is 0 Å². The first-order chi connectivity index (χ1) is 8.44. The van der Waals surface area contributed by atoms with E-state index in [1.807, 2.05) is 0 Å². The molecule has 0 aliphatic carbocycles. The fraction of sp³-hybridized carbons (Fsp3) is 0.625. The summed E-state index contributed by atoms with van der Waals surface area (Å²) in [6.45, 7) is 9.68. The van der Waals surface area contributed by atoms with Gasteiger partial charge in [0.05, 0.1) is 0 Å². The second-order valence-electron chi connectivity index (χ2n) is 6.21. The van der Waals surface area contributed by atoms with Crippen LogP contribution in [-0.2, 0) is 0 Å². The highest BCUT2D eigenvalue weighted by Gasteiger charge is 2.18. The molecule has 0 bridgehead atoms. The van der Waals surface area contributed by atoms with E-state index >= 15 is 0 Å². The smallest absolute Gasteiger partial charge is 0.00417 e. The van der Waals surface area contributed by atoms with Crippen molar-refractivity contribution in [1.29, 1.82) is 0 Å². The second-order valence-corrected chi connectivity index (χ2v) is 6.21. The quantitative estimate of drug-likeness (QED) is 0.803. The van der Waals surface area contributed by atoms with E-state index in [0.717, 1.165) is 19.6 Å². The molecule has 0 fully saturated rings. The Balaban J connectivity index is 2.37. The van der Waals surface area contributed by atoms with Crippen molar-refractivity contribution >= 4 is 0 Å². The molecule has 0 aromatic heterocycles. The maximum Gasteiger partial charge on any atom is 0.00417 e. The molecule has 1 aromatic rings. The summed E-state index contributed by atoms with van der Waals surface area (Å²) < 4.78 is 0. The Labute approximate surface area is 112 Å². The molecule has 1 atom stereocenters. The molecule has 1 unspecified atom stereocenters. The Hall–Kier alpha value is -0.860. The Morgan fingerprint density at radius 2 is 1.83 bits per heavy atom. The van der Waals surface area contributed by atoms with Gasteiger partial charge in [-0.15, -0.1) is 0 Å². The molecule has 2 nitrogen and oxygen atoms in total. The van der Waals surface area contributed by atoms with Gasteiger partial charge in [0, 0.05) is 6.54 Å². The third-order valence-electron chi connectivity index (χ3n) is 3.56. The van der Waals surface area contributed by atoms with Gasteiger partial charge in [0.15, 0.2) is 0 Å². The Morgan fingerprint density at radius 3 is 2.39 bits per heavy atom. The zero-order valence-corrected chi connectivity index (χ0v) is 12.3. The molecular formula is C16H28N2. The molecule has 0 radical (unpaired) electrons. The van der Waals surface area contributed by atoms with Crippen molar-refractivity contribution < 1.29 is 0 Å². The predicted molar refractivity (Wildman–Crippen MR) is 79.8 cm³/mol. The van der Waals surface area contributed by atoms with Gasteiger partial charge in [-0.2, -0.15) is 0 Å². The van der Waals surface area contributed by atoms with Gasteiger partial charge in [0.25, 0.3) is 0 Å². The molecule has 0 aliphatic heterocycles. The van der Waals surface area contributed by atoms with E-state index in [0.29, 0.717) is 5.92 Å². The molecular weight excluding hydrogens is 220 g/mol. The fourth-order valence-electron chi connectivity index (χ4n) is 2.24. The maximum absolute atomic E-state index is 5.77. The van der Waals surface area contributed by atoms with Crippen LogP contribution in [0.2, 0.25) is 0 Å². The fourth-order valence-corrected chi connectivity index (χ4v) is 2.24. The van der Waals surface area contributed by atoms with Crippen LogP contribution in [0.15, 0.2) is 30.3 Å². The molecule has 1 aromatic carbocycles. The molecule has 0 heterocycles. The number of hydrogen-bond acceptors (Lipinski definition) is 2. The van der Waals surface area contributed by atoms with Crippen LogP contribution in [-0.4, -0.2) is 31.6 Å². The first kappa shape index (κ1) is 15.2. The SMILES string of the molecule is CC(CCN(C)CC(C)(C)CN)c1ccccc1. The van der Waals surface area contributed by atoms with Crippen molar-refractivity contribution in [2.75, 3.05) is 26.7 Å². The second kappa shape index (κ2) is 6.91. The summed E-state index contributed by atoms with van der Waals surface area (Å²) in [5.74, 6) is 0.620. The van der Waals surface area contributed by atoms with Crippen LogP contribution in [0.4, 0.5) is 0 Å². The molecule has 18 heavy (non-hydrogen) atoms. The van der Waals surface area contributed by atoms with Gasteiger partial charge >= 0.3 is 0 Å². The number of nitrogens with two attached hydrogens (primary N) is 1. The first-order valence-electron chi connectivity index (χ1n) is 6.88. The highest BCUT2D eigenvalue weighted by atomic mass is 15.1. The van der Waals surface area contributed by atoms with Crippen LogP contribution in [0.3, 0.4) is 0 Å². The minimum atomic E-state index is 0.213. The van der Waals surface area contributed by atoms with Gasteiger partial charge in [-0.05, 0) is 43.5 Å². The van der Waals surface area contributed by atoms with Gasteiger partial charge in [0.2, 0.25) is 0 Å². The lowest BCUT2D eigenvalue weighted by molar-refractivity contribution is 0.211. The van der Waals surface area contributed by atoms with Crippen molar-refractivity contribution in [2.24, 2.45) is 11.1 Å². The van der Waals surface area contributed by atoms with E-state index in [-0.39, 0.29) is 5.41 Å². The zero-order valence-electron chi connectivity index (χ0n) is 12.3. The van der Waals surface area contributed by atoms with Gasteiger partial charge in [-0.3, -0.25) is 0 Å². The molecule has 2 heteroatoms. The summed E-state index contributed by atoms with van der Waals surface area (Å²) in [6, 6.07) is 10.7. The largest absolute Gasteiger partial charge is 0.330 e. The van der Waals surface area contributed by atoms with Crippen LogP contribution in [0, 0.1) is 5.41 Å². The van der Waals surface area contributed by atoms with Crippen molar-refractivity contribution in [3.63, 3.8) is 0 Å². The number of hydrogen-bond donors (Lipinski definition) is 1. The maximum atomic E-state index is 5.77. The molecule has 102 valence electrons. The Bertz CT molecular complexity index is 332. The molecule has 0 saturated heterocycles. The lowest BCUT2D eigenvalue weighted by Crippen LogP contribution is -2.37. The van der Waals surface area contributed by atoms with Gasteiger partial charge < -0.3 is 10.6 Å². The van der Waals surface area contributed by atoms with Gasteiger partial charge in [-0.1, -0.05) is 51.1 Å². The van der Waals surface area contributed by atoms with Crippen molar-refractivity contribution in [1.82, 2.24) is 4.90 Å². The lowest BCUT2D eigenvalue weighted by Gasteiger charge is -2.29. The third-order valence-corrected chi connectivity index (χ3v) is 3.56. The Morgan fingerprint density at radius 1 is 1.22 bits per heavy atom. The standard InChI is InChI=1S/C16H28N2/c1-14(15-8-6-5-7-9-15)10-11-18(4)13-16(2,3)12-17/h5-9,14H,10-13,17H2,1-4H3. The van der Waals surface area contributed by atoms with Crippen LogP contribution >= 0.6 is 0 Å². The van der Waals surface area contributed by atoms with Crippen LogP contribution in [0.5, 0.6) is 0 Å². The first-order valence-corrected chi connectivity index (χ1v) is 6.88. The average Bonchev–Trinajstić information content (AvgIpc) is 2.36. The van der Waals surface area contributed by atoms with Crippen LogP contribution in [0.1, 0.15) is 38.7 Å². The van der Waals surface area contributed by atoms with E-state index < -0.39 is 0 Å². The van der Waals surface area contributed by atoms with E-state index in [4.69, 9.17) is 5.73 Å². The molecule has 0 spiro atoms. The van der Waals surface area contributed by atoms with Crippen molar-refractivity contribution in [2.45, 2.75) is 33.1 Å². The molecule has 1 rings (SSSR count). The summed E-state index contributed by atoms with van der Waals surface area (Å²) in [5.41, 5.74) is 7.42. The summed E-state index contributed by atoms with van der Waals surface area (Å²) in [7, 11) is 2.19. The molecule has 0 saturated carbocycles. The lowest BCUT2D eigenvalue weighted by atomic mass is 9.92. The van der Waals surface area contributed by atoms with Crippen LogP contribution < -0.4 is 5.73 Å². The molecule has 0 aliphatic rings. The summed E-state index contributed by atoms with van der Waals surface area (Å²) >= 11 is 0. The number of benzene rings is 1. The summed E-state index contributed by atoms with van der Waals surface area (Å²) in [5, 5.41) is 0. The molecule has 0 amide bonds. The van der Waals surface area contributed by atoms with E-state index in [9.17, 15) is 0 Å². The zero-order chi connectivity index (χ0) is 13.6. The predicted octanol–water partition coefficient (Wildman–Crippen LogP) is 3.10. The highest BCUT2D eigenvalue weighted by molar-refractivity contribution is 5.18. The van der Waals surface area contributed by atoms with Gasteiger partial charge in [-0.25, -0.2) is 0 Å². The minimum Gasteiger partial charge on any atom is -0.330 e. The van der Waals surface area contributed by atoms with Crippen molar-refractivity contribution in [3.8, 4) is 0 Å². The van der Waals surface area contributed by atoms with Gasteiger partial charge in [0.1, 0.15) is 0 Å². The number of rotatable bonds is 7. The monoisotopic (exact) mass is 248 g/mol.